The van der Waals surface area contributed by atoms with E-state index in [1.165, 1.54) is 4.90 Å². The van der Waals surface area contributed by atoms with Crippen LogP contribution in [0.3, 0.4) is 0 Å². The van der Waals surface area contributed by atoms with Gasteiger partial charge < -0.3 is 10.6 Å². The second-order valence-corrected chi connectivity index (χ2v) is 7.78. The smallest absolute Gasteiger partial charge is 0.325 e. The molecule has 1 saturated heterocycles. The van der Waals surface area contributed by atoms with Gasteiger partial charge in [0.25, 0.3) is 5.91 Å². The molecule has 142 valence electrons. The van der Waals surface area contributed by atoms with Gasteiger partial charge in [-0.25, -0.2) is 4.79 Å². The van der Waals surface area contributed by atoms with Crippen LogP contribution in [0.15, 0.2) is 30.3 Å². The van der Waals surface area contributed by atoms with E-state index in [0.717, 1.165) is 12.0 Å². The third kappa shape index (κ3) is 5.07. The minimum absolute atomic E-state index is 0.0284. The molecule has 6 nitrogen and oxygen atoms in total. The molecular formula is C20H29N3O3. The lowest BCUT2D eigenvalue weighted by Crippen LogP contribution is -2.40. The summed E-state index contributed by atoms with van der Waals surface area (Å²) in [6, 6.07) is 9.51. The van der Waals surface area contributed by atoms with Gasteiger partial charge in [-0.15, -0.1) is 0 Å². The highest BCUT2D eigenvalue weighted by Gasteiger charge is 2.43. The SMILES string of the molecule is CC(C)C[C@H](NC(=O)CCCN1C(=O)NC(C)(C)C1=O)c1ccccc1. The fourth-order valence-electron chi connectivity index (χ4n) is 3.12. The number of nitrogens with one attached hydrogen (secondary N) is 2. The predicted molar refractivity (Wildman–Crippen MR) is 100 cm³/mol. The summed E-state index contributed by atoms with van der Waals surface area (Å²) in [6.45, 7) is 7.86. The van der Waals surface area contributed by atoms with Crippen molar-refractivity contribution in [2.45, 2.75) is 58.5 Å². The summed E-state index contributed by atoms with van der Waals surface area (Å²) in [5, 5.41) is 5.73. The number of amides is 4. The standard InChI is InChI=1S/C20H29N3O3/c1-14(2)13-16(15-9-6-5-7-10-15)21-17(24)11-8-12-23-18(25)20(3,4)22-19(23)26/h5-7,9-10,14,16H,8,11-13H2,1-4H3,(H,21,24)(H,22,26)/t16-/m0/s1. The molecule has 0 bridgehead atoms. The Morgan fingerprint density at radius 3 is 2.38 bits per heavy atom. The molecule has 6 heteroatoms. The maximum atomic E-state index is 12.4. The molecule has 0 aromatic heterocycles. The van der Waals surface area contributed by atoms with Crippen LogP contribution in [0.1, 0.15) is 58.6 Å². The largest absolute Gasteiger partial charge is 0.349 e. The van der Waals surface area contributed by atoms with E-state index in [4.69, 9.17) is 0 Å². The molecule has 0 radical (unpaired) electrons. The maximum Gasteiger partial charge on any atom is 0.325 e. The number of hydrogen-bond donors (Lipinski definition) is 2. The Kier molecular flexibility index (Phi) is 6.40. The van der Waals surface area contributed by atoms with Gasteiger partial charge in [0.15, 0.2) is 0 Å². The zero-order valence-corrected chi connectivity index (χ0v) is 16.0. The Morgan fingerprint density at radius 2 is 1.85 bits per heavy atom. The zero-order valence-electron chi connectivity index (χ0n) is 16.0. The molecule has 2 N–H and O–H groups in total. The number of urea groups is 1. The van der Waals surface area contributed by atoms with E-state index in [2.05, 4.69) is 24.5 Å². The number of hydrogen-bond acceptors (Lipinski definition) is 3. The minimum atomic E-state index is -0.866. The van der Waals surface area contributed by atoms with Crippen molar-refractivity contribution in [2.75, 3.05) is 6.54 Å². The molecule has 4 amide bonds. The second-order valence-electron chi connectivity index (χ2n) is 7.78. The molecular weight excluding hydrogens is 330 g/mol. The van der Waals surface area contributed by atoms with Crippen molar-refractivity contribution in [1.82, 2.24) is 15.5 Å². The Balaban J connectivity index is 1.87. The molecule has 1 aromatic rings. The minimum Gasteiger partial charge on any atom is -0.349 e. The van der Waals surface area contributed by atoms with Gasteiger partial charge in [-0.2, -0.15) is 0 Å². The first-order valence-corrected chi connectivity index (χ1v) is 9.19. The Labute approximate surface area is 155 Å². The Morgan fingerprint density at radius 1 is 1.19 bits per heavy atom. The summed E-state index contributed by atoms with van der Waals surface area (Å²) in [5.74, 6) is 0.143. The number of rotatable bonds is 8. The first kappa shape index (κ1) is 19.9. The van der Waals surface area contributed by atoms with Crippen molar-refractivity contribution in [1.29, 1.82) is 0 Å². The molecule has 0 aliphatic carbocycles. The van der Waals surface area contributed by atoms with Crippen LogP contribution in [0.4, 0.5) is 4.79 Å². The van der Waals surface area contributed by atoms with Crippen LogP contribution in [0.5, 0.6) is 0 Å². The van der Waals surface area contributed by atoms with Crippen LogP contribution in [0, 0.1) is 5.92 Å². The monoisotopic (exact) mass is 359 g/mol. The second kappa shape index (κ2) is 8.34. The van der Waals surface area contributed by atoms with Gasteiger partial charge in [0, 0.05) is 13.0 Å². The van der Waals surface area contributed by atoms with Gasteiger partial charge in [-0.05, 0) is 38.2 Å². The number of carbonyl (C=O) groups excluding carboxylic acids is 3. The molecule has 1 aromatic carbocycles. The Bertz CT molecular complexity index is 656. The van der Waals surface area contributed by atoms with Crippen LogP contribution in [-0.2, 0) is 9.59 Å². The highest BCUT2D eigenvalue weighted by atomic mass is 16.2. The van der Waals surface area contributed by atoms with Gasteiger partial charge in [0.2, 0.25) is 5.91 Å². The van der Waals surface area contributed by atoms with Crippen molar-refractivity contribution in [2.24, 2.45) is 5.92 Å². The van der Waals surface area contributed by atoms with Crippen molar-refractivity contribution in [3.05, 3.63) is 35.9 Å². The number of carbonyl (C=O) groups is 3. The summed E-state index contributed by atoms with van der Waals surface area (Å²) in [5.41, 5.74) is 0.222. The van der Waals surface area contributed by atoms with Crippen LogP contribution in [-0.4, -0.2) is 34.8 Å². The topological polar surface area (TPSA) is 78.5 Å². The lowest BCUT2D eigenvalue weighted by atomic mass is 9.97. The van der Waals surface area contributed by atoms with Crippen LogP contribution in [0.2, 0.25) is 0 Å². The molecule has 1 fully saturated rings. The van der Waals surface area contributed by atoms with E-state index in [9.17, 15) is 14.4 Å². The van der Waals surface area contributed by atoms with Crippen LogP contribution < -0.4 is 10.6 Å². The molecule has 2 rings (SSSR count). The van der Waals surface area contributed by atoms with Crippen molar-refractivity contribution < 1.29 is 14.4 Å². The summed E-state index contributed by atoms with van der Waals surface area (Å²) in [4.78, 5) is 37.5. The highest BCUT2D eigenvalue weighted by molar-refractivity contribution is 6.06. The van der Waals surface area contributed by atoms with Crippen molar-refractivity contribution in [3.8, 4) is 0 Å². The fraction of sp³-hybridized carbons (Fsp3) is 0.550. The molecule has 1 aliphatic rings. The number of nitrogens with zero attached hydrogens (tertiary/aromatic N) is 1. The Hall–Kier alpha value is -2.37. The first-order chi connectivity index (χ1) is 12.2. The lowest BCUT2D eigenvalue weighted by molar-refractivity contribution is -0.130. The van der Waals surface area contributed by atoms with Crippen LogP contribution in [0.25, 0.3) is 0 Å². The van der Waals surface area contributed by atoms with Crippen molar-refractivity contribution >= 4 is 17.8 Å². The summed E-state index contributed by atoms with van der Waals surface area (Å²) in [7, 11) is 0. The quantitative estimate of drug-likeness (QED) is 0.700. The van der Waals surface area contributed by atoms with E-state index in [0.29, 0.717) is 12.3 Å². The van der Waals surface area contributed by atoms with E-state index >= 15 is 0 Å². The summed E-state index contributed by atoms with van der Waals surface area (Å²) in [6.07, 6.45) is 1.58. The van der Waals surface area contributed by atoms with E-state index in [-0.39, 0.29) is 36.9 Å². The van der Waals surface area contributed by atoms with Gasteiger partial charge in [-0.3, -0.25) is 14.5 Å². The average Bonchev–Trinajstić information content (AvgIpc) is 2.76. The van der Waals surface area contributed by atoms with Gasteiger partial charge in [-0.1, -0.05) is 44.2 Å². The molecule has 1 atom stereocenters. The number of imide groups is 1. The lowest BCUT2D eigenvalue weighted by Gasteiger charge is -2.21. The average molecular weight is 359 g/mol. The third-order valence-corrected chi connectivity index (χ3v) is 4.47. The fourth-order valence-corrected chi connectivity index (χ4v) is 3.12. The van der Waals surface area contributed by atoms with E-state index in [1.807, 2.05) is 30.3 Å². The van der Waals surface area contributed by atoms with Crippen LogP contribution >= 0.6 is 0 Å². The van der Waals surface area contributed by atoms with Gasteiger partial charge in [0.1, 0.15) is 5.54 Å². The summed E-state index contributed by atoms with van der Waals surface area (Å²) >= 11 is 0. The third-order valence-electron chi connectivity index (χ3n) is 4.47. The molecule has 0 saturated carbocycles. The highest BCUT2D eigenvalue weighted by Crippen LogP contribution is 2.21. The molecule has 0 spiro atoms. The maximum absolute atomic E-state index is 12.4. The molecule has 1 heterocycles. The molecule has 1 aliphatic heterocycles. The number of benzene rings is 1. The van der Waals surface area contributed by atoms with E-state index < -0.39 is 5.54 Å². The molecule has 26 heavy (non-hydrogen) atoms. The van der Waals surface area contributed by atoms with E-state index in [1.54, 1.807) is 13.8 Å². The van der Waals surface area contributed by atoms with Crippen molar-refractivity contribution in [3.63, 3.8) is 0 Å². The van der Waals surface area contributed by atoms with Gasteiger partial charge >= 0.3 is 6.03 Å². The first-order valence-electron chi connectivity index (χ1n) is 9.19. The van der Waals surface area contributed by atoms with Gasteiger partial charge in [0.05, 0.1) is 6.04 Å². The normalized spacial score (nSPS) is 17.3. The molecule has 0 unspecified atom stereocenters. The zero-order chi connectivity index (χ0) is 19.3. The summed E-state index contributed by atoms with van der Waals surface area (Å²) < 4.78 is 0. The predicted octanol–water partition coefficient (Wildman–Crippen LogP) is 3.00.